The van der Waals surface area contributed by atoms with E-state index < -0.39 is 0 Å². The maximum absolute atomic E-state index is 12.7. The summed E-state index contributed by atoms with van der Waals surface area (Å²) < 4.78 is 6.69. The molecule has 0 aliphatic carbocycles. The number of anilines is 1. The van der Waals surface area contributed by atoms with E-state index in [1.807, 2.05) is 66.7 Å². The number of carbonyl (C=O) groups is 3. The van der Waals surface area contributed by atoms with Crippen LogP contribution in [0, 0.1) is 0 Å². The Labute approximate surface area is 273 Å². The zero-order valence-corrected chi connectivity index (χ0v) is 27.5. The van der Waals surface area contributed by atoms with Gasteiger partial charge in [-0.25, -0.2) is 4.79 Å². The molecule has 3 aromatic rings. The van der Waals surface area contributed by atoms with Gasteiger partial charge in [0.1, 0.15) is 6.10 Å². The van der Waals surface area contributed by atoms with Gasteiger partial charge in [0.05, 0.1) is 44.0 Å². The van der Waals surface area contributed by atoms with Gasteiger partial charge in [-0.2, -0.15) is 0 Å². The molecule has 244 valence electrons. The number of hydrogen-bond donors (Lipinski definition) is 1. The molecule has 46 heavy (non-hydrogen) atoms. The second-order valence-electron chi connectivity index (χ2n) is 13.3. The van der Waals surface area contributed by atoms with E-state index in [1.54, 1.807) is 12.1 Å². The van der Waals surface area contributed by atoms with Crippen molar-refractivity contribution in [3.8, 4) is 11.1 Å². The molecular formula is C38H49N4O4+. The van der Waals surface area contributed by atoms with Crippen LogP contribution < -0.4 is 5.32 Å². The highest BCUT2D eigenvalue weighted by atomic mass is 16.6. The van der Waals surface area contributed by atoms with Crippen LogP contribution in [0.15, 0.2) is 78.9 Å². The third-order valence-electron chi connectivity index (χ3n) is 9.32. The van der Waals surface area contributed by atoms with Gasteiger partial charge in [-0.05, 0) is 62.4 Å². The highest BCUT2D eigenvalue weighted by Gasteiger charge is 2.35. The second kappa shape index (κ2) is 16.0. The first-order chi connectivity index (χ1) is 22.3. The molecular weight excluding hydrogens is 576 g/mol. The molecule has 0 unspecified atom stereocenters. The molecule has 8 nitrogen and oxygen atoms in total. The van der Waals surface area contributed by atoms with E-state index >= 15 is 0 Å². The number of carbonyl (C=O) groups excluding carboxylic acids is 3. The largest absolute Gasteiger partial charge is 0.446 e. The fraction of sp³-hybridized carbons (Fsp3) is 0.447. The lowest BCUT2D eigenvalue weighted by Crippen LogP contribution is -2.43. The van der Waals surface area contributed by atoms with Gasteiger partial charge < -0.3 is 14.1 Å². The first kappa shape index (κ1) is 33.4. The van der Waals surface area contributed by atoms with Crippen molar-refractivity contribution < 1.29 is 23.6 Å². The van der Waals surface area contributed by atoms with E-state index in [9.17, 15) is 14.4 Å². The second-order valence-corrected chi connectivity index (χ2v) is 13.3. The molecule has 1 N–H and O–H groups in total. The molecule has 0 bridgehead atoms. The van der Waals surface area contributed by atoms with Crippen LogP contribution in [-0.2, 0) is 4.74 Å². The molecule has 0 atom stereocenters. The maximum Gasteiger partial charge on any atom is 0.411 e. The summed E-state index contributed by atoms with van der Waals surface area (Å²) in [4.78, 5) is 41.8. The van der Waals surface area contributed by atoms with Crippen molar-refractivity contribution in [1.82, 2.24) is 9.80 Å². The first-order valence-corrected chi connectivity index (χ1v) is 16.9. The van der Waals surface area contributed by atoms with Gasteiger partial charge in [-0.3, -0.25) is 19.8 Å². The Morgan fingerprint density at radius 1 is 0.717 bits per heavy atom. The normalized spacial score (nSPS) is 15.7. The summed E-state index contributed by atoms with van der Waals surface area (Å²) in [6.45, 7) is 5.54. The Morgan fingerprint density at radius 2 is 1.28 bits per heavy atom. The fourth-order valence-corrected chi connectivity index (χ4v) is 6.62. The third-order valence-corrected chi connectivity index (χ3v) is 9.32. The van der Waals surface area contributed by atoms with Gasteiger partial charge >= 0.3 is 6.09 Å². The summed E-state index contributed by atoms with van der Waals surface area (Å²) in [6.07, 6.45) is 8.18. The molecule has 0 aromatic heterocycles. The number of piperidine rings is 1. The van der Waals surface area contributed by atoms with Crippen molar-refractivity contribution in [2.24, 2.45) is 0 Å². The summed E-state index contributed by atoms with van der Waals surface area (Å²) in [6, 6.07) is 25.0. The van der Waals surface area contributed by atoms with Crippen LogP contribution in [-0.4, -0.2) is 91.7 Å². The smallest absolute Gasteiger partial charge is 0.411 e. The van der Waals surface area contributed by atoms with Gasteiger partial charge in [0.25, 0.3) is 11.8 Å². The SMILES string of the molecule is C[N+](C)(CCCCCCCN1CCC(OC(=O)Nc2ccccc2-c2ccccc2)CC1)CCCN1C(=O)c2ccccc2C1=O. The zero-order chi connectivity index (χ0) is 32.4. The van der Waals surface area contributed by atoms with E-state index in [2.05, 4.69) is 24.3 Å². The standard InChI is InChI=1S/C38H48N4O4/c1-42(2,29-15-25-41-36(43)33-19-9-10-20-34(33)37(41)44)28-14-5-3-4-13-24-40-26-22-31(23-27-40)46-38(45)39-35-21-12-11-18-32(35)30-16-7-6-8-17-30/h6-12,16-21,31H,3-5,13-15,22-29H2,1-2H3/p+1. The van der Waals surface area contributed by atoms with Gasteiger partial charge in [0, 0.05) is 31.6 Å². The lowest BCUT2D eigenvalue weighted by atomic mass is 10.0. The number of benzene rings is 3. The van der Waals surface area contributed by atoms with Crippen molar-refractivity contribution in [2.75, 3.05) is 58.7 Å². The van der Waals surface area contributed by atoms with Crippen molar-refractivity contribution in [3.63, 3.8) is 0 Å². The lowest BCUT2D eigenvalue weighted by molar-refractivity contribution is -0.890. The molecule has 5 rings (SSSR count). The number of fused-ring (bicyclic) bond motifs is 1. The topological polar surface area (TPSA) is 79.0 Å². The zero-order valence-electron chi connectivity index (χ0n) is 27.5. The number of amides is 3. The molecule has 0 radical (unpaired) electrons. The molecule has 8 heteroatoms. The van der Waals surface area contributed by atoms with Gasteiger partial charge in [-0.15, -0.1) is 0 Å². The van der Waals surface area contributed by atoms with Crippen LogP contribution in [0.5, 0.6) is 0 Å². The molecule has 3 amide bonds. The molecule has 1 fully saturated rings. The number of para-hydroxylation sites is 1. The average Bonchev–Trinajstić information content (AvgIpc) is 3.30. The minimum Gasteiger partial charge on any atom is -0.446 e. The number of nitrogens with zero attached hydrogens (tertiary/aromatic N) is 3. The van der Waals surface area contributed by atoms with Crippen LogP contribution >= 0.6 is 0 Å². The first-order valence-electron chi connectivity index (χ1n) is 16.9. The third kappa shape index (κ3) is 9.04. The number of imide groups is 1. The number of quaternary nitrogens is 1. The average molecular weight is 626 g/mol. The predicted molar refractivity (Wildman–Crippen MR) is 183 cm³/mol. The van der Waals surface area contributed by atoms with Crippen LogP contribution in [0.2, 0.25) is 0 Å². The fourth-order valence-electron chi connectivity index (χ4n) is 6.62. The van der Waals surface area contributed by atoms with E-state index in [1.165, 1.54) is 37.0 Å². The van der Waals surface area contributed by atoms with E-state index in [-0.39, 0.29) is 24.0 Å². The van der Waals surface area contributed by atoms with Gasteiger partial charge in [0.15, 0.2) is 0 Å². The van der Waals surface area contributed by atoms with Crippen LogP contribution in [0.4, 0.5) is 10.5 Å². The number of ether oxygens (including phenoxy) is 1. The van der Waals surface area contributed by atoms with Crippen molar-refractivity contribution >= 4 is 23.6 Å². The summed E-state index contributed by atoms with van der Waals surface area (Å²) in [7, 11) is 4.48. The summed E-state index contributed by atoms with van der Waals surface area (Å²) in [5.41, 5.74) is 3.86. The minimum absolute atomic E-state index is 0.0470. The number of likely N-dealkylation sites (tertiary alicyclic amines) is 1. The van der Waals surface area contributed by atoms with Crippen LogP contribution in [0.25, 0.3) is 11.1 Å². The quantitative estimate of drug-likeness (QED) is 0.111. The molecule has 2 heterocycles. The number of nitrogens with one attached hydrogen (secondary N) is 1. The molecule has 2 aliphatic rings. The van der Waals surface area contributed by atoms with E-state index in [0.29, 0.717) is 17.7 Å². The van der Waals surface area contributed by atoms with Crippen LogP contribution in [0.3, 0.4) is 0 Å². The van der Waals surface area contributed by atoms with E-state index in [0.717, 1.165) is 73.3 Å². The Hall–Kier alpha value is -4.01. The number of hydrogen-bond acceptors (Lipinski definition) is 5. The van der Waals surface area contributed by atoms with Crippen molar-refractivity contribution in [1.29, 1.82) is 0 Å². The molecule has 3 aromatic carbocycles. The van der Waals surface area contributed by atoms with Crippen molar-refractivity contribution in [2.45, 2.75) is 57.5 Å². The lowest BCUT2D eigenvalue weighted by Gasteiger charge is -2.31. The van der Waals surface area contributed by atoms with Gasteiger partial charge in [-0.1, -0.05) is 73.5 Å². The molecule has 0 saturated carbocycles. The van der Waals surface area contributed by atoms with Gasteiger partial charge in [0.2, 0.25) is 0 Å². The summed E-state index contributed by atoms with van der Waals surface area (Å²) in [5.74, 6) is -0.319. The highest BCUT2D eigenvalue weighted by molar-refractivity contribution is 6.21. The molecule has 0 spiro atoms. The summed E-state index contributed by atoms with van der Waals surface area (Å²) >= 11 is 0. The predicted octanol–water partition coefficient (Wildman–Crippen LogP) is 7.08. The highest BCUT2D eigenvalue weighted by Crippen LogP contribution is 2.28. The van der Waals surface area contributed by atoms with Crippen LogP contribution in [0.1, 0.15) is 72.1 Å². The monoisotopic (exact) mass is 625 g/mol. The molecule has 2 aliphatic heterocycles. The Balaban J connectivity index is 0.899. The van der Waals surface area contributed by atoms with Crippen molar-refractivity contribution in [3.05, 3.63) is 90.0 Å². The number of rotatable bonds is 15. The Kier molecular flexibility index (Phi) is 11.6. The Morgan fingerprint density at radius 3 is 1.98 bits per heavy atom. The summed E-state index contributed by atoms with van der Waals surface area (Å²) in [5, 5.41) is 2.96. The number of unbranched alkanes of at least 4 members (excludes halogenated alkanes) is 4. The minimum atomic E-state index is -0.383. The van der Waals surface area contributed by atoms with E-state index in [4.69, 9.17) is 4.74 Å². The Bertz CT molecular complexity index is 1430. The maximum atomic E-state index is 12.7. The molecule has 1 saturated heterocycles.